The molecule has 1 aliphatic rings. The fourth-order valence-electron chi connectivity index (χ4n) is 3.17. The minimum absolute atomic E-state index is 0.0646. The van der Waals surface area contributed by atoms with Gasteiger partial charge in [-0.15, -0.1) is 11.3 Å². The summed E-state index contributed by atoms with van der Waals surface area (Å²) in [6.45, 7) is 2.04. The lowest BCUT2D eigenvalue weighted by Crippen LogP contribution is -2.29. The van der Waals surface area contributed by atoms with Gasteiger partial charge in [0.1, 0.15) is 5.00 Å². The second kappa shape index (κ2) is 6.22. The third-order valence-corrected chi connectivity index (χ3v) is 5.40. The second-order valence-corrected chi connectivity index (χ2v) is 7.01. The summed E-state index contributed by atoms with van der Waals surface area (Å²) in [5.41, 5.74) is 4.65. The monoisotopic (exact) mass is 350 g/mol. The van der Waals surface area contributed by atoms with Gasteiger partial charge in [0, 0.05) is 18.3 Å². The van der Waals surface area contributed by atoms with Crippen LogP contribution in [0.2, 0.25) is 0 Å². The number of nitrogens with one attached hydrogen (secondary N) is 1. The van der Waals surface area contributed by atoms with Crippen molar-refractivity contribution < 1.29 is 4.79 Å². The maximum Gasteiger partial charge on any atom is 0.254 e. The van der Waals surface area contributed by atoms with E-state index in [9.17, 15) is 4.79 Å². The van der Waals surface area contributed by atoms with Gasteiger partial charge < -0.3 is 15.7 Å². The van der Waals surface area contributed by atoms with E-state index < -0.39 is 0 Å². The number of hydrogen-bond donors (Lipinski definition) is 2. The van der Waals surface area contributed by atoms with Gasteiger partial charge in [-0.2, -0.15) is 5.10 Å². The summed E-state index contributed by atoms with van der Waals surface area (Å²) in [7, 11) is 0. The second-order valence-electron chi connectivity index (χ2n) is 6.11. The molecular weight excluding hydrogens is 332 g/mol. The molecule has 0 saturated carbocycles. The maximum absolute atomic E-state index is 12.6. The number of hydrazone groups is 1. The molecule has 4 rings (SSSR count). The predicted molar refractivity (Wildman–Crippen MR) is 100 cm³/mol. The predicted octanol–water partition coefficient (Wildman–Crippen LogP) is 3.38. The molecule has 2 aromatic heterocycles. The summed E-state index contributed by atoms with van der Waals surface area (Å²) < 4.78 is 2.08. The number of thiophene rings is 1. The Morgan fingerprint density at radius 1 is 1.28 bits per heavy atom. The van der Waals surface area contributed by atoms with Crippen molar-refractivity contribution in [2.75, 3.05) is 0 Å². The molecule has 3 heterocycles. The molecule has 0 fully saturated rings. The summed E-state index contributed by atoms with van der Waals surface area (Å²) in [5.74, 6) is 5.60. The minimum atomic E-state index is -0.189. The molecule has 5 nitrogen and oxygen atoms in total. The summed E-state index contributed by atoms with van der Waals surface area (Å²) >= 11 is 1.56. The molecule has 0 bridgehead atoms. The molecule has 1 unspecified atom stereocenters. The number of nitrogens with two attached hydrogens (primary N) is 1. The highest BCUT2D eigenvalue weighted by atomic mass is 32.1. The van der Waals surface area contributed by atoms with E-state index >= 15 is 0 Å². The number of amides is 1. The number of rotatable bonds is 3. The molecule has 25 heavy (non-hydrogen) atoms. The Labute approximate surface area is 149 Å². The van der Waals surface area contributed by atoms with Crippen molar-refractivity contribution >= 4 is 23.0 Å². The van der Waals surface area contributed by atoms with Crippen LogP contribution in [0, 0.1) is 6.92 Å². The molecule has 1 aromatic carbocycles. The van der Waals surface area contributed by atoms with Crippen LogP contribution in [0.1, 0.15) is 39.6 Å². The van der Waals surface area contributed by atoms with E-state index in [0.29, 0.717) is 12.0 Å². The molecule has 0 radical (unpaired) electrons. The number of hydrogen-bond acceptors (Lipinski definition) is 4. The first-order valence-electron chi connectivity index (χ1n) is 8.07. The number of aromatic nitrogens is 1. The summed E-state index contributed by atoms with van der Waals surface area (Å²) in [4.78, 5) is 12.6. The SMILES string of the molecule is Cc1ccc(/C(CC2NC(=O)c3ccsc3-n3cccc32)=N\N)cc1. The highest BCUT2D eigenvalue weighted by Crippen LogP contribution is 2.32. The van der Waals surface area contributed by atoms with Crippen LogP contribution in [0.15, 0.2) is 59.1 Å². The lowest BCUT2D eigenvalue weighted by atomic mass is 10.00. The Hall–Kier alpha value is -2.86. The summed E-state index contributed by atoms with van der Waals surface area (Å²) in [6.07, 6.45) is 2.52. The fourth-order valence-corrected chi connectivity index (χ4v) is 4.07. The van der Waals surface area contributed by atoms with Crippen molar-refractivity contribution in [3.63, 3.8) is 0 Å². The molecule has 0 aliphatic carbocycles. The topological polar surface area (TPSA) is 72.4 Å². The molecule has 126 valence electrons. The van der Waals surface area contributed by atoms with Crippen molar-refractivity contribution in [1.29, 1.82) is 0 Å². The highest BCUT2D eigenvalue weighted by Gasteiger charge is 2.28. The van der Waals surface area contributed by atoms with Crippen molar-refractivity contribution in [1.82, 2.24) is 9.88 Å². The molecule has 3 aromatic rings. The number of aryl methyl sites for hydroxylation is 1. The normalized spacial score (nSPS) is 16.8. The van der Waals surface area contributed by atoms with Gasteiger partial charge in [-0.1, -0.05) is 29.8 Å². The molecule has 0 spiro atoms. The average Bonchev–Trinajstić information content (AvgIpc) is 3.26. The first-order valence-corrected chi connectivity index (χ1v) is 8.95. The summed E-state index contributed by atoms with van der Waals surface area (Å²) in [5, 5.41) is 9.99. The van der Waals surface area contributed by atoms with Gasteiger partial charge in [0.25, 0.3) is 5.91 Å². The first-order chi connectivity index (χ1) is 12.2. The average molecular weight is 350 g/mol. The molecule has 1 amide bonds. The lowest BCUT2D eigenvalue weighted by molar-refractivity contribution is 0.0940. The van der Waals surface area contributed by atoms with Crippen molar-refractivity contribution in [3.8, 4) is 5.00 Å². The highest BCUT2D eigenvalue weighted by molar-refractivity contribution is 7.13. The third kappa shape index (κ3) is 2.74. The van der Waals surface area contributed by atoms with Gasteiger partial charge in [-0.3, -0.25) is 4.79 Å². The standard InChI is InChI=1S/C19H18N4OS/c1-12-4-6-13(7-5-12)15(22-20)11-16-17-3-2-9-23(17)19-14(8-10-25-19)18(24)21-16/h2-10,16H,11,20H2,1H3,(H,21,24)/b22-15-. The Morgan fingerprint density at radius 3 is 2.84 bits per heavy atom. The van der Waals surface area contributed by atoms with E-state index in [4.69, 9.17) is 5.84 Å². The van der Waals surface area contributed by atoms with Gasteiger partial charge in [0.15, 0.2) is 0 Å². The van der Waals surface area contributed by atoms with Crippen molar-refractivity contribution in [2.45, 2.75) is 19.4 Å². The fraction of sp³-hybridized carbons (Fsp3) is 0.158. The van der Waals surface area contributed by atoms with Crippen LogP contribution in [0.4, 0.5) is 0 Å². The van der Waals surface area contributed by atoms with Crippen LogP contribution < -0.4 is 11.2 Å². The first kappa shape index (κ1) is 15.7. The molecule has 3 N–H and O–H groups in total. The quantitative estimate of drug-likeness (QED) is 0.432. The Morgan fingerprint density at radius 2 is 2.08 bits per heavy atom. The lowest BCUT2D eigenvalue weighted by Gasteiger charge is -2.18. The zero-order valence-corrected chi connectivity index (χ0v) is 14.6. The van der Waals surface area contributed by atoms with E-state index in [0.717, 1.165) is 22.0 Å². The minimum Gasteiger partial charge on any atom is -0.343 e. The number of fused-ring (bicyclic) bond motifs is 3. The largest absolute Gasteiger partial charge is 0.343 e. The number of benzene rings is 1. The van der Waals surface area contributed by atoms with Crippen LogP contribution in [-0.2, 0) is 0 Å². The van der Waals surface area contributed by atoms with Gasteiger partial charge in [0.2, 0.25) is 0 Å². The number of carbonyl (C=O) groups is 1. The van der Waals surface area contributed by atoms with Gasteiger partial charge >= 0.3 is 0 Å². The number of carbonyl (C=O) groups excluding carboxylic acids is 1. The smallest absolute Gasteiger partial charge is 0.254 e. The van der Waals surface area contributed by atoms with Gasteiger partial charge in [0.05, 0.1) is 17.3 Å². The van der Waals surface area contributed by atoms with Crippen LogP contribution in [-0.4, -0.2) is 16.2 Å². The van der Waals surface area contributed by atoms with E-state index in [-0.39, 0.29) is 11.9 Å². The van der Waals surface area contributed by atoms with Crippen LogP contribution >= 0.6 is 11.3 Å². The molecular formula is C19H18N4OS. The van der Waals surface area contributed by atoms with Crippen molar-refractivity contribution in [2.24, 2.45) is 10.9 Å². The zero-order chi connectivity index (χ0) is 17.4. The Bertz CT molecular complexity index is 952. The number of nitrogens with zero attached hydrogens (tertiary/aromatic N) is 2. The van der Waals surface area contributed by atoms with E-state index in [1.165, 1.54) is 5.56 Å². The van der Waals surface area contributed by atoms with Crippen LogP contribution in [0.5, 0.6) is 0 Å². The Balaban J connectivity index is 1.70. The van der Waals surface area contributed by atoms with Gasteiger partial charge in [-0.25, -0.2) is 0 Å². The molecule has 1 aliphatic heterocycles. The van der Waals surface area contributed by atoms with E-state index in [1.807, 2.05) is 61.0 Å². The van der Waals surface area contributed by atoms with E-state index in [2.05, 4.69) is 15.0 Å². The van der Waals surface area contributed by atoms with Crippen molar-refractivity contribution in [3.05, 3.63) is 76.4 Å². The molecule has 6 heteroatoms. The third-order valence-electron chi connectivity index (χ3n) is 4.49. The zero-order valence-electron chi connectivity index (χ0n) is 13.8. The Kier molecular flexibility index (Phi) is 3.89. The van der Waals surface area contributed by atoms with Crippen LogP contribution in [0.3, 0.4) is 0 Å². The van der Waals surface area contributed by atoms with Gasteiger partial charge in [-0.05, 0) is 36.1 Å². The summed E-state index contributed by atoms with van der Waals surface area (Å²) in [6, 6.07) is 13.8. The van der Waals surface area contributed by atoms with E-state index in [1.54, 1.807) is 11.3 Å². The maximum atomic E-state index is 12.6. The molecule has 0 saturated heterocycles. The van der Waals surface area contributed by atoms with Crippen LogP contribution in [0.25, 0.3) is 5.00 Å². The molecule has 1 atom stereocenters.